The number of piperidine rings is 1. The second-order valence-electron chi connectivity index (χ2n) is 5.07. The molecular weight excluding hydrogens is 204 g/mol. The van der Waals surface area contributed by atoms with Gasteiger partial charge in [0.2, 0.25) is 0 Å². The summed E-state index contributed by atoms with van der Waals surface area (Å²) in [7, 11) is 0. The normalized spacial score (nSPS) is 20.0. The van der Waals surface area contributed by atoms with Gasteiger partial charge in [-0.3, -0.25) is 5.43 Å². The second-order valence-corrected chi connectivity index (χ2v) is 5.07. The summed E-state index contributed by atoms with van der Waals surface area (Å²) >= 11 is 0. The molecule has 1 heterocycles. The number of nitrogens with one attached hydrogen (secondary N) is 1. The summed E-state index contributed by atoms with van der Waals surface area (Å²) in [5, 5.41) is 14.0. The molecule has 0 aromatic heterocycles. The Bertz CT molecular complexity index is 234. The molecule has 0 aromatic carbocycles. The van der Waals surface area contributed by atoms with Crippen LogP contribution < -0.4 is 11.2 Å². The predicted octanol–water partition coefficient (Wildman–Crippen LogP) is 1.14. The maximum absolute atomic E-state index is 8.65. The van der Waals surface area contributed by atoms with E-state index < -0.39 is 0 Å². The Morgan fingerprint density at radius 1 is 1.38 bits per heavy atom. The molecule has 0 radical (unpaired) electrons. The van der Waals surface area contributed by atoms with Crippen LogP contribution in [0.2, 0.25) is 0 Å². The average Bonchev–Trinajstić information content (AvgIpc) is 2.29. The highest BCUT2D eigenvalue weighted by atomic mass is 16.4. The fourth-order valence-corrected chi connectivity index (χ4v) is 1.84. The van der Waals surface area contributed by atoms with Gasteiger partial charge in [-0.25, -0.2) is 5.01 Å². The minimum absolute atomic E-state index is 0.252. The van der Waals surface area contributed by atoms with E-state index in [-0.39, 0.29) is 5.41 Å². The molecule has 0 aromatic rings. The number of hydrogen-bond acceptors (Lipinski definition) is 4. The molecule has 1 fully saturated rings. The lowest BCUT2D eigenvalue weighted by Gasteiger charge is -2.29. The van der Waals surface area contributed by atoms with Crippen molar-refractivity contribution in [3.05, 3.63) is 0 Å². The van der Waals surface area contributed by atoms with E-state index in [1.807, 2.05) is 13.8 Å². The first kappa shape index (κ1) is 13.3. The standard InChI is InChI=1S/C11H24N4O/c1-11(2,10(12)14-16)6-7-13-15-8-4-3-5-9-15/h13,16H,3-9H2,1-2H3,(H2,12,14). The molecule has 1 aliphatic rings. The molecule has 0 saturated carbocycles. The van der Waals surface area contributed by atoms with Gasteiger partial charge in [0.25, 0.3) is 0 Å². The number of nitrogens with zero attached hydrogens (tertiary/aromatic N) is 2. The molecule has 1 aliphatic heterocycles. The smallest absolute Gasteiger partial charge is 0.144 e. The van der Waals surface area contributed by atoms with Crippen LogP contribution in [0.25, 0.3) is 0 Å². The van der Waals surface area contributed by atoms with Gasteiger partial charge in [-0.1, -0.05) is 25.4 Å². The van der Waals surface area contributed by atoms with E-state index in [4.69, 9.17) is 10.9 Å². The molecule has 0 unspecified atom stereocenters. The van der Waals surface area contributed by atoms with E-state index >= 15 is 0 Å². The Labute approximate surface area is 97.6 Å². The van der Waals surface area contributed by atoms with Crippen LogP contribution in [0, 0.1) is 5.41 Å². The third kappa shape index (κ3) is 3.98. The summed E-state index contributed by atoms with van der Waals surface area (Å²) in [5.41, 5.74) is 8.77. The molecule has 0 bridgehead atoms. The van der Waals surface area contributed by atoms with Crippen molar-refractivity contribution in [2.24, 2.45) is 16.3 Å². The van der Waals surface area contributed by atoms with E-state index in [1.165, 1.54) is 19.3 Å². The van der Waals surface area contributed by atoms with Gasteiger partial charge < -0.3 is 10.9 Å². The molecule has 4 N–H and O–H groups in total. The predicted molar refractivity (Wildman–Crippen MR) is 65.2 cm³/mol. The van der Waals surface area contributed by atoms with Gasteiger partial charge in [0.05, 0.1) is 0 Å². The number of oxime groups is 1. The van der Waals surface area contributed by atoms with Gasteiger partial charge in [-0.2, -0.15) is 0 Å². The van der Waals surface area contributed by atoms with Crippen molar-refractivity contribution in [1.82, 2.24) is 10.4 Å². The largest absolute Gasteiger partial charge is 0.409 e. The van der Waals surface area contributed by atoms with E-state index in [1.54, 1.807) is 0 Å². The van der Waals surface area contributed by atoms with E-state index in [0.29, 0.717) is 5.84 Å². The van der Waals surface area contributed by atoms with Crippen molar-refractivity contribution in [3.8, 4) is 0 Å². The summed E-state index contributed by atoms with van der Waals surface area (Å²) in [6, 6.07) is 0. The van der Waals surface area contributed by atoms with Crippen LogP contribution in [0.5, 0.6) is 0 Å². The van der Waals surface area contributed by atoms with Gasteiger partial charge >= 0.3 is 0 Å². The molecule has 0 amide bonds. The highest BCUT2D eigenvalue weighted by Crippen LogP contribution is 2.19. The minimum atomic E-state index is -0.252. The molecule has 0 aliphatic carbocycles. The van der Waals surface area contributed by atoms with E-state index in [0.717, 1.165) is 26.1 Å². The quantitative estimate of drug-likeness (QED) is 0.285. The maximum Gasteiger partial charge on any atom is 0.144 e. The zero-order chi connectivity index (χ0) is 12.0. The molecule has 16 heavy (non-hydrogen) atoms. The monoisotopic (exact) mass is 228 g/mol. The van der Waals surface area contributed by atoms with Gasteiger partial charge in [0, 0.05) is 25.0 Å². The zero-order valence-electron chi connectivity index (χ0n) is 10.4. The first-order valence-electron chi connectivity index (χ1n) is 6.03. The van der Waals surface area contributed by atoms with Crippen molar-refractivity contribution >= 4 is 5.84 Å². The molecule has 0 spiro atoms. The number of nitrogens with two attached hydrogens (primary N) is 1. The van der Waals surface area contributed by atoms with E-state index in [2.05, 4.69) is 15.6 Å². The molecule has 1 rings (SSSR count). The van der Waals surface area contributed by atoms with Gasteiger partial charge in [0.1, 0.15) is 5.84 Å². The van der Waals surface area contributed by atoms with Crippen LogP contribution in [0.3, 0.4) is 0 Å². The molecule has 5 heteroatoms. The molecule has 0 atom stereocenters. The topological polar surface area (TPSA) is 73.9 Å². The lowest BCUT2D eigenvalue weighted by Crippen LogP contribution is -2.44. The summed E-state index contributed by atoms with van der Waals surface area (Å²) in [6.45, 7) is 7.09. The highest BCUT2D eigenvalue weighted by Gasteiger charge is 2.23. The Morgan fingerprint density at radius 3 is 2.56 bits per heavy atom. The Balaban J connectivity index is 2.23. The first-order chi connectivity index (χ1) is 7.56. The van der Waals surface area contributed by atoms with Gasteiger partial charge in [0.15, 0.2) is 0 Å². The van der Waals surface area contributed by atoms with Crippen molar-refractivity contribution in [3.63, 3.8) is 0 Å². The van der Waals surface area contributed by atoms with Crippen LogP contribution in [0.4, 0.5) is 0 Å². The Hall–Kier alpha value is -0.810. The van der Waals surface area contributed by atoms with Gasteiger partial charge in [-0.15, -0.1) is 0 Å². The Morgan fingerprint density at radius 2 is 2.00 bits per heavy atom. The SMILES string of the molecule is CC(C)(CCNN1CCCCC1)C(N)=NO. The molecular formula is C11H24N4O. The van der Waals surface area contributed by atoms with Crippen LogP contribution in [0.15, 0.2) is 5.16 Å². The third-order valence-electron chi connectivity index (χ3n) is 3.24. The first-order valence-corrected chi connectivity index (χ1v) is 6.03. The summed E-state index contributed by atoms with van der Waals surface area (Å²) in [6.07, 6.45) is 4.75. The van der Waals surface area contributed by atoms with E-state index in [9.17, 15) is 0 Å². The van der Waals surface area contributed by atoms with Crippen molar-refractivity contribution < 1.29 is 5.21 Å². The zero-order valence-corrected chi connectivity index (χ0v) is 10.4. The average molecular weight is 228 g/mol. The van der Waals surface area contributed by atoms with Crippen molar-refractivity contribution in [2.45, 2.75) is 39.5 Å². The maximum atomic E-state index is 8.65. The lowest BCUT2D eigenvalue weighted by atomic mass is 9.88. The fourth-order valence-electron chi connectivity index (χ4n) is 1.84. The minimum Gasteiger partial charge on any atom is -0.409 e. The number of hydrazine groups is 1. The molecule has 5 nitrogen and oxygen atoms in total. The summed E-state index contributed by atoms with van der Waals surface area (Å²) < 4.78 is 0. The van der Waals surface area contributed by atoms with Crippen LogP contribution in [0.1, 0.15) is 39.5 Å². The molecule has 94 valence electrons. The fraction of sp³-hybridized carbons (Fsp3) is 0.909. The summed E-state index contributed by atoms with van der Waals surface area (Å²) in [4.78, 5) is 0. The third-order valence-corrected chi connectivity index (χ3v) is 3.24. The van der Waals surface area contributed by atoms with Crippen LogP contribution >= 0.6 is 0 Å². The van der Waals surface area contributed by atoms with Crippen LogP contribution in [-0.2, 0) is 0 Å². The number of hydrogen-bond donors (Lipinski definition) is 3. The highest BCUT2D eigenvalue weighted by molar-refractivity contribution is 5.85. The lowest BCUT2D eigenvalue weighted by molar-refractivity contribution is 0.148. The van der Waals surface area contributed by atoms with Crippen molar-refractivity contribution in [1.29, 1.82) is 0 Å². The van der Waals surface area contributed by atoms with Gasteiger partial charge in [-0.05, 0) is 19.3 Å². The second kappa shape index (κ2) is 6.06. The Kier molecular flexibility index (Phi) is 5.02. The van der Waals surface area contributed by atoms with Crippen LogP contribution in [-0.4, -0.2) is 35.7 Å². The summed E-state index contributed by atoms with van der Waals surface area (Å²) in [5.74, 6) is 0.299. The van der Waals surface area contributed by atoms with Crippen molar-refractivity contribution in [2.75, 3.05) is 19.6 Å². The number of amidine groups is 1. The molecule has 1 saturated heterocycles. The number of rotatable bonds is 5.